The van der Waals surface area contributed by atoms with E-state index in [9.17, 15) is 14.0 Å². The van der Waals surface area contributed by atoms with Gasteiger partial charge in [0.1, 0.15) is 23.0 Å². The van der Waals surface area contributed by atoms with E-state index in [2.05, 4.69) is 22.3 Å². The molecule has 0 atom stereocenters. The summed E-state index contributed by atoms with van der Waals surface area (Å²) in [5.74, 6) is 0.112. The first-order valence-electron chi connectivity index (χ1n) is 9.52. The van der Waals surface area contributed by atoms with Gasteiger partial charge in [0.15, 0.2) is 0 Å². The summed E-state index contributed by atoms with van der Waals surface area (Å²) < 4.78 is 21.1. The van der Waals surface area contributed by atoms with Crippen LogP contribution in [0.25, 0.3) is 11.3 Å². The first kappa shape index (κ1) is 21.8. The zero-order valence-corrected chi connectivity index (χ0v) is 17.7. The van der Waals surface area contributed by atoms with Gasteiger partial charge in [0.25, 0.3) is 5.56 Å². The largest absolute Gasteiger partial charge is 0.456 e. The predicted octanol–water partition coefficient (Wildman–Crippen LogP) is 4.16. The number of nitrogens with zero attached hydrogens (tertiary/aromatic N) is 2. The number of hydrogen-bond acceptors (Lipinski definition) is 5. The lowest BCUT2D eigenvalue weighted by molar-refractivity contribution is -0.111. The maximum atomic E-state index is 13.7. The van der Waals surface area contributed by atoms with E-state index in [0.29, 0.717) is 45.3 Å². The number of amides is 1. The Morgan fingerprint density at radius 3 is 2.48 bits per heavy atom. The molecule has 1 aromatic heterocycles. The fourth-order valence-corrected chi connectivity index (χ4v) is 3.25. The lowest BCUT2D eigenvalue weighted by Gasteiger charge is -2.18. The minimum Gasteiger partial charge on any atom is -0.456 e. The van der Waals surface area contributed by atoms with Crippen molar-refractivity contribution in [1.82, 2.24) is 9.78 Å². The normalized spacial score (nSPS) is 10.5. The molecule has 1 amide bonds. The molecule has 0 radical (unpaired) electrons. The fourth-order valence-electron chi connectivity index (χ4n) is 3.25. The van der Waals surface area contributed by atoms with E-state index in [1.54, 1.807) is 45.2 Å². The molecule has 7 nitrogen and oxygen atoms in total. The molecule has 0 aliphatic heterocycles. The topological polar surface area (TPSA) is 85.3 Å². The van der Waals surface area contributed by atoms with Crippen LogP contribution in [-0.4, -0.2) is 22.7 Å². The van der Waals surface area contributed by atoms with Gasteiger partial charge in [-0.1, -0.05) is 12.6 Å². The third-order valence-electron chi connectivity index (χ3n) is 4.70. The van der Waals surface area contributed by atoms with Crippen molar-refractivity contribution in [3.63, 3.8) is 0 Å². The van der Waals surface area contributed by atoms with Crippen LogP contribution in [0.4, 0.5) is 15.8 Å². The molecule has 3 aromatic rings. The van der Waals surface area contributed by atoms with Crippen molar-refractivity contribution in [1.29, 1.82) is 0 Å². The quantitative estimate of drug-likeness (QED) is 0.583. The van der Waals surface area contributed by atoms with Crippen molar-refractivity contribution in [2.24, 2.45) is 7.05 Å². The van der Waals surface area contributed by atoms with Crippen LogP contribution in [0.3, 0.4) is 0 Å². The summed E-state index contributed by atoms with van der Waals surface area (Å²) in [6.07, 6.45) is 1.15. The predicted molar refractivity (Wildman–Crippen MR) is 119 cm³/mol. The zero-order chi connectivity index (χ0) is 22.7. The van der Waals surface area contributed by atoms with Crippen LogP contribution in [0.15, 0.2) is 53.8 Å². The molecule has 0 spiro atoms. The lowest BCUT2D eigenvalue weighted by Crippen LogP contribution is -2.23. The van der Waals surface area contributed by atoms with Gasteiger partial charge in [-0.05, 0) is 61.4 Å². The highest BCUT2D eigenvalue weighted by Gasteiger charge is 2.19. The fraction of sp³-hybridized carbons (Fsp3) is 0.174. The van der Waals surface area contributed by atoms with Gasteiger partial charge in [-0.15, -0.1) is 0 Å². The summed E-state index contributed by atoms with van der Waals surface area (Å²) in [4.78, 5) is 24.3. The molecule has 31 heavy (non-hydrogen) atoms. The van der Waals surface area contributed by atoms with Crippen LogP contribution in [-0.2, 0) is 11.8 Å². The number of hydrogen-bond donors (Lipinski definition) is 2. The van der Waals surface area contributed by atoms with Gasteiger partial charge in [-0.3, -0.25) is 9.59 Å². The summed E-state index contributed by atoms with van der Waals surface area (Å²) >= 11 is 0. The molecule has 2 aromatic carbocycles. The van der Waals surface area contributed by atoms with Crippen LogP contribution >= 0.6 is 0 Å². The van der Waals surface area contributed by atoms with Gasteiger partial charge in [0.2, 0.25) is 5.91 Å². The second kappa shape index (κ2) is 8.83. The SMILES string of the molecule is C=CC(=O)Nc1cccc(Oc2c(C)cc(F)cc2C)c1-c1cc(NC)c(=O)n(C)n1. The molecule has 8 heteroatoms. The maximum Gasteiger partial charge on any atom is 0.289 e. The number of aromatic nitrogens is 2. The molecule has 160 valence electrons. The molecular formula is C23H23FN4O3. The van der Waals surface area contributed by atoms with E-state index >= 15 is 0 Å². The molecule has 0 bridgehead atoms. The number of rotatable bonds is 6. The molecule has 2 N–H and O–H groups in total. The Kier molecular flexibility index (Phi) is 6.20. The van der Waals surface area contributed by atoms with E-state index in [1.807, 2.05) is 0 Å². The van der Waals surface area contributed by atoms with Gasteiger partial charge < -0.3 is 15.4 Å². The lowest BCUT2D eigenvalue weighted by atomic mass is 10.1. The van der Waals surface area contributed by atoms with Crippen LogP contribution in [0.1, 0.15) is 11.1 Å². The summed E-state index contributed by atoms with van der Waals surface area (Å²) in [5.41, 5.74) is 2.56. The first-order chi connectivity index (χ1) is 14.7. The Bertz CT molecular complexity index is 1210. The van der Waals surface area contributed by atoms with E-state index in [1.165, 1.54) is 23.9 Å². The summed E-state index contributed by atoms with van der Waals surface area (Å²) in [6, 6.07) is 9.47. The van der Waals surface area contributed by atoms with Crippen LogP contribution in [0.5, 0.6) is 11.5 Å². The molecule has 3 rings (SSSR count). The van der Waals surface area contributed by atoms with Crippen molar-refractivity contribution in [2.45, 2.75) is 13.8 Å². The molecule has 0 aliphatic carbocycles. The molecule has 1 heterocycles. The summed E-state index contributed by atoms with van der Waals surface area (Å²) in [7, 11) is 3.17. The van der Waals surface area contributed by atoms with E-state index in [4.69, 9.17) is 4.74 Å². The van der Waals surface area contributed by atoms with E-state index in [0.717, 1.165) is 6.08 Å². The number of anilines is 2. The van der Waals surface area contributed by atoms with E-state index < -0.39 is 5.91 Å². The number of halogens is 1. The molecule has 0 aliphatic rings. The van der Waals surface area contributed by atoms with Crippen molar-refractivity contribution in [2.75, 3.05) is 17.7 Å². The number of ether oxygens (including phenoxy) is 1. The van der Waals surface area contributed by atoms with Crippen LogP contribution in [0.2, 0.25) is 0 Å². The molecule has 0 saturated carbocycles. The number of carbonyl (C=O) groups excluding carboxylic acids is 1. The van der Waals surface area contributed by atoms with Crippen molar-refractivity contribution >= 4 is 17.3 Å². The summed E-state index contributed by atoms with van der Waals surface area (Å²) in [5, 5.41) is 9.96. The maximum absolute atomic E-state index is 13.7. The van der Waals surface area contributed by atoms with Crippen molar-refractivity contribution in [3.8, 4) is 22.8 Å². The number of aryl methyl sites for hydroxylation is 3. The first-order valence-corrected chi connectivity index (χ1v) is 9.52. The Morgan fingerprint density at radius 1 is 1.19 bits per heavy atom. The highest BCUT2D eigenvalue weighted by Crippen LogP contribution is 2.40. The number of carbonyl (C=O) groups is 1. The highest BCUT2D eigenvalue weighted by molar-refractivity contribution is 6.02. The van der Waals surface area contributed by atoms with Crippen LogP contribution < -0.4 is 20.9 Å². The van der Waals surface area contributed by atoms with Gasteiger partial charge in [0, 0.05) is 14.1 Å². The third kappa shape index (κ3) is 4.48. The van der Waals surface area contributed by atoms with Crippen molar-refractivity contribution < 1.29 is 13.9 Å². The monoisotopic (exact) mass is 422 g/mol. The second-order valence-electron chi connectivity index (χ2n) is 6.96. The Hall–Kier alpha value is -3.94. The molecule has 0 saturated heterocycles. The Morgan fingerprint density at radius 2 is 1.87 bits per heavy atom. The van der Waals surface area contributed by atoms with Gasteiger partial charge in [-0.2, -0.15) is 5.10 Å². The molecule has 0 unspecified atom stereocenters. The van der Waals surface area contributed by atoms with Gasteiger partial charge in [0.05, 0.1) is 16.9 Å². The Balaban J connectivity index is 2.25. The second-order valence-corrected chi connectivity index (χ2v) is 6.96. The highest BCUT2D eigenvalue weighted by atomic mass is 19.1. The zero-order valence-electron chi connectivity index (χ0n) is 17.7. The average molecular weight is 422 g/mol. The number of benzene rings is 2. The van der Waals surface area contributed by atoms with Gasteiger partial charge >= 0.3 is 0 Å². The molecular weight excluding hydrogens is 399 g/mol. The Labute approximate surface area is 179 Å². The third-order valence-corrected chi connectivity index (χ3v) is 4.70. The van der Waals surface area contributed by atoms with Crippen molar-refractivity contribution in [3.05, 3.63) is 76.4 Å². The summed E-state index contributed by atoms with van der Waals surface area (Å²) in [6.45, 7) is 6.98. The minimum absolute atomic E-state index is 0.299. The standard InChI is InChI=1S/C23H23FN4O3/c1-6-20(29)26-16-8-7-9-19(31-22-13(2)10-15(24)11-14(22)3)21(16)17-12-18(25-4)23(30)28(5)27-17/h6-12,25H,1H2,2-5H3,(H,26,29). The van der Waals surface area contributed by atoms with E-state index in [-0.39, 0.29) is 11.4 Å². The smallest absolute Gasteiger partial charge is 0.289 e. The average Bonchev–Trinajstić information content (AvgIpc) is 2.72. The minimum atomic E-state index is -0.411. The van der Waals surface area contributed by atoms with Gasteiger partial charge in [-0.25, -0.2) is 9.07 Å². The molecule has 0 fully saturated rings. The number of nitrogens with one attached hydrogen (secondary N) is 2. The van der Waals surface area contributed by atoms with Crippen LogP contribution in [0, 0.1) is 19.7 Å².